The maximum absolute atomic E-state index is 5.44. The van der Waals surface area contributed by atoms with Gasteiger partial charge < -0.3 is 10.6 Å². The van der Waals surface area contributed by atoms with Crippen LogP contribution in [0.1, 0.15) is 0 Å². The molecule has 2 heterocycles. The van der Waals surface area contributed by atoms with Crippen LogP contribution >= 0.6 is 0 Å². The van der Waals surface area contributed by atoms with Crippen LogP contribution in [-0.2, 0) is 6.54 Å². The van der Waals surface area contributed by atoms with Crippen LogP contribution in [0.15, 0.2) is 24.5 Å². The summed E-state index contributed by atoms with van der Waals surface area (Å²) in [5.74, 6) is 0. The van der Waals surface area contributed by atoms with E-state index in [9.17, 15) is 0 Å². The summed E-state index contributed by atoms with van der Waals surface area (Å²) >= 11 is 0. The largest absolute Gasteiger partial charge is 0.362 e. The second-order valence-electron chi connectivity index (χ2n) is 3.13. The van der Waals surface area contributed by atoms with Crippen molar-refractivity contribution in [1.82, 2.24) is 9.78 Å². The van der Waals surface area contributed by atoms with Gasteiger partial charge in [-0.1, -0.05) is 12.2 Å². The van der Waals surface area contributed by atoms with Crippen molar-refractivity contribution >= 4 is 5.69 Å². The second kappa shape index (κ2) is 3.62. The smallest absolute Gasteiger partial charge is 0.0758 e. The van der Waals surface area contributed by atoms with E-state index in [4.69, 9.17) is 5.73 Å². The highest BCUT2D eigenvalue weighted by Crippen LogP contribution is 2.14. The Morgan fingerprint density at radius 2 is 2.15 bits per heavy atom. The Balaban J connectivity index is 2.04. The highest BCUT2D eigenvalue weighted by atomic mass is 15.3. The highest BCUT2D eigenvalue weighted by Gasteiger charge is 2.08. The summed E-state index contributed by atoms with van der Waals surface area (Å²) < 4.78 is 1.88. The average molecular weight is 178 g/mol. The minimum Gasteiger partial charge on any atom is -0.362 e. The number of hydrogen-bond donors (Lipinski definition) is 1. The first-order valence-corrected chi connectivity index (χ1v) is 4.52. The maximum atomic E-state index is 5.44. The van der Waals surface area contributed by atoms with E-state index in [1.54, 1.807) is 0 Å². The molecule has 13 heavy (non-hydrogen) atoms. The Labute approximate surface area is 77.6 Å². The minimum atomic E-state index is 0.638. The van der Waals surface area contributed by atoms with Gasteiger partial charge in [-0.2, -0.15) is 5.10 Å². The third-order valence-corrected chi connectivity index (χ3v) is 2.16. The molecule has 2 N–H and O–H groups in total. The van der Waals surface area contributed by atoms with Crippen molar-refractivity contribution in [3.8, 4) is 0 Å². The van der Waals surface area contributed by atoms with Crippen molar-refractivity contribution in [3.05, 3.63) is 24.5 Å². The summed E-state index contributed by atoms with van der Waals surface area (Å²) in [5.41, 5.74) is 6.62. The fraction of sp³-hybridized carbons (Fsp3) is 0.444. The fourth-order valence-electron chi connectivity index (χ4n) is 1.46. The van der Waals surface area contributed by atoms with Crippen molar-refractivity contribution in [2.45, 2.75) is 6.54 Å². The molecule has 4 heteroatoms. The summed E-state index contributed by atoms with van der Waals surface area (Å²) in [5, 5.41) is 4.22. The van der Waals surface area contributed by atoms with E-state index in [0.717, 1.165) is 19.6 Å². The quantitative estimate of drug-likeness (QED) is 0.673. The first-order valence-electron chi connectivity index (χ1n) is 4.52. The maximum Gasteiger partial charge on any atom is 0.0758 e. The molecule has 70 valence electrons. The van der Waals surface area contributed by atoms with Crippen LogP contribution in [0.25, 0.3) is 0 Å². The van der Waals surface area contributed by atoms with Crippen LogP contribution in [0, 0.1) is 0 Å². The van der Waals surface area contributed by atoms with Gasteiger partial charge in [-0.05, 0) is 0 Å². The first kappa shape index (κ1) is 8.31. The lowest BCUT2D eigenvalue weighted by atomic mass is 10.5. The molecule has 0 radical (unpaired) electrons. The van der Waals surface area contributed by atoms with Gasteiger partial charge in [-0.3, -0.25) is 4.68 Å². The summed E-state index contributed by atoms with van der Waals surface area (Å²) in [6, 6.07) is 0. The summed E-state index contributed by atoms with van der Waals surface area (Å²) in [6.07, 6.45) is 8.27. The molecule has 4 nitrogen and oxygen atoms in total. The monoisotopic (exact) mass is 178 g/mol. The predicted molar refractivity (Wildman–Crippen MR) is 52.6 cm³/mol. The first-order chi connectivity index (χ1) is 6.40. The van der Waals surface area contributed by atoms with E-state index in [-0.39, 0.29) is 0 Å². The Bertz CT molecular complexity index is 294. The van der Waals surface area contributed by atoms with Gasteiger partial charge in [0, 0.05) is 25.8 Å². The second-order valence-corrected chi connectivity index (χ2v) is 3.13. The van der Waals surface area contributed by atoms with Crippen LogP contribution in [0.2, 0.25) is 0 Å². The molecule has 0 saturated heterocycles. The minimum absolute atomic E-state index is 0.638. The Hall–Kier alpha value is -1.29. The molecule has 0 amide bonds. The van der Waals surface area contributed by atoms with E-state index in [1.165, 1.54) is 5.69 Å². The van der Waals surface area contributed by atoms with Crippen molar-refractivity contribution in [2.75, 3.05) is 24.5 Å². The van der Waals surface area contributed by atoms with Crippen LogP contribution < -0.4 is 10.6 Å². The third kappa shape index (κ3) is 1.72. The molecule has 0 aliphatic carbocycles. The van der Waals surface area contributed by atoms with E-state index >= 15 is 0 Å². The predicted octanol–water partition coefficient (Wildman–Crippen LogP) is 0.218. The molecule has 2 rings (SSSR count). The van der Waals surface area contributed by atoms with E-state index in [0.29, 0.717) is 6.54 Å². The number of anilines is 1. The van der Waals surface area contributed by atoms with E-state index in [1.807, 2.05) is 17.1 Å². The summed E-state index contributed by atoms with van der Waals surface area (Å²) in [4.78, 5) is 2.26. The lowest BCUT2D eigenvalue weighted by Crippen LogP contribution is -2.17. The molecule has 0 unspecified atom stereocenters. The summed E-state index contributed by atoms with van der Waals surface area (Å²) in [7, 11) is 0. The van der Waals surface area contributed by atoms with Gasteiger partial charge in [-0.15, -0.1) is 0 Å². The zero-order valence-corrected chi connectivity index (χ0v) is 7.56. The number of rotatable bonds is 3. The van der Waals surface area contributed by atoms with E-state index in [2.05, 4.69) is 22.2 Å². The van der Waals surface area contributed by atoms with Gasteiger partial charge in [0.15, 0.2) is 0 Å². The van der Waals surface area contributed by atoms with Crippen LogP contribution in [-0.4, -0.2) is 29.4 Å². The molecule has 1 aliphatic rings. The Morgan fingerprint density at radius 1 is 1.38 bits per heavy atom. The normalized spacial score (nSPS) is 15.6. The molecular formula is C9H14N4. The average Bonchev–Trinajstić information content (AvgIpc) is 2.70. The molecule has 0 bridgehead atoms. The number of nitrogens with zero attached hydrogens (tertiary/aromatic N) is 3. The number of aromatic nitrogens is 2. The molecule has 1 aromatic rings. The molecule has 1 aliphatic heterocycles. The molecule has 0 aromatic carbocycles. The zero-order chi connectivity index (χ0) is 9.10. The number of hydrogen-bond acceptors (Lipinski definition) is 3. The number of nitrogens with two attached hydrogens (primary N) is 1. The highest BCUT2D eigenvalue weighted by molar-refractivity contribution is 5.45. The van der Waals surface area contributed by atoms with Crippen LogP contribution in [0.3, 0.4) is 0 Å². The van der Waals surface area contributed by atoms with Crippen LogP contribution in [0.5, 0.6) is 0 Å². The van der Waals surface area contributed by atoms with Crippen molar-refractivity contribution < 1.29 is 0 Å². The van der Waals surface area contributed by atoms with Gasteiger partial charge in [0.25, 0.3) is 0 Å². The van der Waals surface area contributed by atoms with Gasteiger partial charge in [0.05, 0.1) is 18.4 Å². The van der Waals surface area contributed by atoms with Crippen molar-refractivity contribution in [3.63, 3.8) is 0 Å². The zero-order valence-electron chi connectivity index (χ0n) is 7.56. The molecule has 1 aromatic heterocycles. The van der Waals surface area contributed by atoms with Gasteiger partial charge in [0.1, 0.15) is 0 Å². The Kier molecular flexibility index (Phi) is 2.31. The summed E-state index contributed by atoms with van der Waals surface area (Å²) in [6.45, 7) is 3.42. The van der Waals surface area contributed by atoms with Gasteiger partial charge in [-0.25, -0.2) is 0 Å². The Morgan fingerprint density at radius 3 is 2.85 bits per heavy atom. The fourth-order valence-corrected chi connectivity index (χ4v) is 1.46. The third-order valence-electron chi connectivity index (χ3n) is 2.16. The molecule has 0 saturated carbocycles. The van der Waals surface area contributed by atoms with Crippen molar-refractivity contribution in [1.29, 1.82) is 0 Å². The molecule has 0 atom stereocenters. The van der Waals surface area contributed by atoms with E-state index < -0.39 is 0 Å². The van der Waals surface area contributed by atoms with Crippen molar-refractivity contribution in [2.24, 2.45) is 5.73 Å². The topological polar surface area (TPSA) is 47.1 Å². The standard InChI is InChI=1S/C9H14N4/c10-3-6-13-8-9(7-11-13)12-4-1-2-5-12/h1-2,7-8H,3-6,10H2. The lowest BCUT2D eigenvalue weighted by molar-refractivity contribution is 0.625. The van der Waals surface area contributed by atoms with Gasteiger partial charge >= 0.3 is 0 Å². The van der Waals surface area contributed by atoms with Gasteiger partial charge in [0.2, 0.25) is 0 Å². The lowest BCUT2D eigenvalue weighted by Gasteiger charge is -2.13. The van der Waals surface area contributed by atoms with Crippen LogP contribution in [0.4, 0.5) is 5.69 Å². The molecule has 0 fully saturated rings. The molecular weight excluding hydrogens is 164 g/mol. The molecule has 0 spiro atoms. The SMILES string of the molecule is NCCn1cc(N2CC=CC2)cn1.